The number of imide groups is 1. The Morgan fingerprint density at radius 1 is 1.07 bits per heavy atom. The molecule has 158 valence electrons. The highest BCUT2D eigenvalue weighted by atomic mass is 16.5. The average molecular weight is 403 g/mol. The van der Waals surface area contributed by atoms with Crippen LogP contribution in [0.1, 0.15) is 49.5 Å². The number of esters is 1. The van der Waals surface area contributed by atoms with Gasteiger partial charge in [0.15, 0.2) is 6.10 Å². The van der Waals surface area contributed by atoms with E-state index in [2.05, 4.69) is 10.6 Å². The van der Waals surface area contributed by atoms with Gasteiger partial charge in [0.2, 0.25) is 0 Å². The minimum absolute atomic E-state index is 0.0428. The first-order chi connectivity index (χ1) is 13.7. The van der Waals surface area contributed by atoms with Crippen molar-refractivity contribution in [1.82, 2.24) is 15.5 Å². The molecule has 0 aromatic heterocycles. The molecule has 1 aliphatic rings. The molecule has 8 heteroatoms. The molecule has 2 rings (SSSR count). The Morgan fingerprint density at radius 3 is 2.28 bits per heavy atom. The summed E-state index contributed by atoms with van der Waals surface area (Å²) in [6.07, 6.45) is -0.135. The number of rotatable bonds is 5. The normalized spacial score (nSPS) is 15.6. The van der Waals surface area contributed by atoms with Gasteiger partial charge in [-0.2, -0.15) is 0 Å². The van der Waals surface area contributed by atoms with Gasteiger partial charge in [0.1, 0.15) is 0 Å². The van der Waals surface area contributed by atoms with Gasteiger partial charge < -0.3 is 15.0 Å². The van der Waals surface area contributed by atoms with Crippen LogP contribution in [-0.2, 0) is 14.3 Å². The molecule has 29 heavy (non-hydrogen) atoms. The summed E-state index contributed by atoms with van der Waals surface area (Å²) in [5.41, 5.74) is 1.58. The molecule has 1 fully saturated rings. The molecule has 0 aliphatic carbocycles. The van der Waals surface area contributed by atoms with E-state index in [0.29, 0.717) is 31.5 Å². The number of benzene rings is 1. The molecule has 1 aromatic carbocycles. The number of amides is 4. The van der Waals surface area contributed by atoms with E-state index in [1.807, 2.05) is 25.1 Å². The molecule has 1 aliphatic heterocycles. The van der Waals surface area contributed by atoms with E-state index >= 15 is 0 Å². The van der Waals surface area contributed by atoms with Gasteiger partial charge in [-0.3, -0.25) is 19.7 Å². The smallest absolute Gasteiger partial charge is 0.321 e. The molecule has 0 saturated carbocycles. The molecule has 8 nitrogen and oxygen atoms in total. The lowest BCUT2D eigenvalue weighted by molar-refractivity contribution is -0.159. The summed E-state index contributed by atoms with van der Waals surface area (Å²) in [5.74, 6) is -1.59. The third kappa shape index (κ3) is 6.30. The first kappa shape index (κ1) is 22.4. The minimum Gasteiger partial charge on any atom is -0.452 e. The van der Waals surface area contributed by atoms with Crippen LogP contribution in [0.2, 0.25) is 0 Å². The van der Waals surface area contributed by atoms with Gasteiger partial charge in [-0.15, -0.1) is 0 Å². The topological polar surface area (TPSA) is 105 Å². The molecular weight excluding hydrogens is 374 g/mol. The van der Waals surface area contributed by atoms with Crippen molar-refractivity contribution < 1.29 is 23.9 Å². The van der Waals surface area contributed by atoms with Crippen LogP contribution in [0.3, 0.4) is 0 Å². The second-order valence-corrected chi connectivity index (χ2v) is 7.58. The quantitative estimate of drug-likeness (QED) is 0.732. The van der Waals surface area contributed by atoms with Crippen LogP contribution in [0.5, 0.6) is 0 Å². The predicted molar refractivity (Wildman–Crippen MR) is 107 cm³/mol. The number of urea groups is 1. The molecule has 1 atom stereocenters. The summed E-state index contributed by atoms with van der Waals surface area (Å²) < 4.78 is 5.22. The van der Waals surface area contributed by atoms with E-state index in [0.717, 1.165) is 5.56 Å². The SMILES string of the molecule is Cc1ccccc1C(=O)N1CCC(C(=O)O[C@H](C)C(=O)NC(=O)NC(C)C)CC1. The molecular formula is C21H29N3O5. The molecule has 2 N–H and O–H groups in total. The second-order valence-electron chi connectivity index (χ2n) is 7.58. The monoisotopic (exact) mass is 403 g/mol. The first-order valence-electron chi connectivity index (χ1n) is 9.85. The Kier molecular flexibility index (Phi) is 7.75. The van der Waals surface area contributed by atoms with Gasteiger partial charge in [0, 0.05) is 24.7 Å². The lowest BCUT2D eigenvalue weighted by Gasteiger charge is -2.31. The molecule has 0 radical (unpaired) electrons. The second kappa shape index (κ2) is 10.0. The number of aryl methyl sites for hydroxylation is 1. The van der Waals surface area contributed by atoms with E-state index in [9.17, 15) is 19.2 Å². The Balaban J connectivity index is 1.82. The van der Waals surface area contributed by atoms with Crippen LogP contribution in [0.25, 0.3) is 0 Å². The van der Waals surface area contributed by atoms with Crippen LogP contribution in [0.4, 0.5) is 4.79 Å². The summed E-state index contributed by atoms with van der Waals surface area (Å²) in [6.45, 7) is 7.75. The van der Waals surface area contributed by atoms with Crippen molar-refractivity contribution in [3.63, 3.8) is 0 Å². The van der Waals surface area contributed by atoms with Crippen LogP contribution in [0.15, 0.2) is 24.3 Å². The van der Waals surface area contributed by atoms with E-state index in [4.69, 9.17) is 4.74 Å². The van der Waals surface area contributed by atoms with Gasteiger partial charge in [-0.1, -0.05) is 18.2 Å². The summed E-state index contributed by atoms with van der Waals surface area (Å²) in [4.78, 5) is 50.3. The zero-order valence-electron chi connectivity index (χ0n) is 17.4. The maximum Gasteiger partial charge on any atom is 0.321 e. The zero-order valence-corrected chi connectivity index (χ0v) is 17.4. The van der Waals surface area contributed by atoms with Crippen molar-refractivity contribution in [2.24, 2.45) is 5.92 Å². The molecule has 1 saturated heterocycles. The molecule has 4 amide bonds. The minimum atomic E-state index is -1.08. The summed E-state index contributed by atoms with van der Waals surface area (Å²) in [5, 5.41) is 4.67. The number of hydrogen-bond acceptors (Lipinski definition) is 5. The van der Waals surface area contributed by atoms with Crippen molar-refractivity contribution in [3.8, 4) is 0 Å². The zero-order chi connectivity index (χ0) is 21.6. The van der Waals surface area contributed by atoms with Gasteiger partial charge >= 0.3 is 12.0 Å². The van der Waals surface area contributed by atoms with Gasteiger partial charge in [-0.05, 0) is 52.2 Å². The Hall–Kier alpha value is -2.90. The fraction of sp³-hybridized carbons (Fsp3) is 0.524. The van der Waals surface area contributed by atoms with Crippen LogP contribution >= 0.6 is 0 Å². The van der Waals surface area contributed by atoms with Crippen LogP contribution < -0.4 is 10.6 Å². The van der Waals surface area contributed by atoms with E-state index < -0.39 is 24.0 Å². The van der Waals surface area contributed by atoms with Crippen molar-refractivity contribution in [2.75, 3.05) is 13.1 Å². The number of carbonyl (C=O) groups is 4. The van der Waals surface area contributed by atoms with E-state index in [1.165, 1.54) is 6.92 Å². The third-order valence-corrected chi connectivity index (χ3v) is 4.81. The van der Waals surface area contributed by atoms with Gasteiger partial charge in [0.25, 0.3) is 11.8 Å². The average Bonchev–Trinajstić information content (AvgIpc) is 2.67. The number of likely N-dealkylation sites (tertiary alicyclic amines) is 1. The highest BCUT2D eigenvalue weighted by Gasteiger charge is 2.31. The predicted octanol–water partition coefficient (Wildman–Crippen LogP) is 2.01. The maximum absolute atomic E-state index is 12.7. The van der Waals surface area contributed by atoms with Crippen molar-refractivity contribution in [2.45, 2.75) is 52.7 Å². The maximum atomic E-state index is 12.7. The first-order valence-corrected chi connectivity index (χ1v) is 9.85. The number of hydrogen-bond donors (Lipinski definition) is 2. The van der Waals surface area contributed by atoms with Crippen molar-refractivity contribution in [3.05, 3.63) is 35.4 Å². The fourth-order valence-electron chi connectivity index (χ4n) is 3.14. The lowest BCUT2D eigenvalue weighted by atomic mass is 9.96. The number of nitrogens with one attached hydrogen (secondary N) is 2. The Bertz CT molecular complexity index is 769. The largest absolute Gasteiger partial charge is 0.452 e. The van der Waals surface area contributed by atoms with E-state index in [1.54, 1.807) is 24.8 Å². The van der Waals surface area contributed by atoms with Crippen LogP contribution in [0, 0.1) is 12.8 Å². The molecule has 0 spiro atoms. The van der Waals surface area contributed by atoms with Gasteiger partial charge in [-0.25, -0.2) is 4.79 Å². The molecule has 0 bridgehead atoms. The third-order valence-electron chi connectivity index (χ3n) is 4.81. The van der Waals surface area contributed by atoms with E-state index in [-0.39, 0.29) is 17.9 Å². The summed E-state index contributed by atoms with van der Waals surface area (Å²) in [6, 6.07) is 6.67. The van der Waals surface area contributed by atoms with Crippen molar-refractivity contribution in [1.29, 1.82) is 0 Å². The standard InChI is InChI=1S/C21H29N3O5/c1-13(2)22-21(28)23-18(25)15(4)29-20(27)16-9-11-24(12-10-16)19(26)17-8-6-5-7-14(17)3/h5-8,13,15-16H,9-12H2,1-4H3,(H2,22,23,25,28)/t15-/m1/s1. The summed E-state index contributed by atoms with van der Waals surface area (Å²) >= 11 is 0. The molecule has 1 aromatic rings. The molecule has 1 heterocycles. The number of nitrogens with zero attached hydrogens (tertiary/aromatic N) is 1. The lowest BCUT2D eigenvalue weighted by Crippen LogP contribution is -2.47. The Morgan fingerprint density at radius 2 is 1.69 bits per heavy atom. The highest BCUT2D eigenvalue weighted by Crippen LogP contribution is 2.22. The highest BCUT2D eigenvalue weighted by molar-refractivity contribution is 5.97. The summed E-state index contributed by atoms with van der Waals surface area (Å²) in [7, 11) is 0. The Labute approximate surface area is 171 Å². The number of ether oxygens (including phenoxy) is 1. The fourth-order valence-corrected chi connectivity index (χ4v) is 3.14. The van der Waals surface area contributed by atoms with Crippen molar-refractivity contribution >= 4 is 23.8 Å². The van der Waals surface area contributed by atoms with Gasteiger partial charge in [0.05, 0.1) is 5.92 Å². The molecule has 0 unspecified atom stereocenters. The van der Waals surface area contributed by atoms with Crippen LogP contribution in [-0.4, -0.2) is 54.0 Å². The number of carbonyl (C=O) groups excluding carboxylic acids is 4. The number of piperidine rings is 1.